The lowest BCUT2D eigenvalue weighted by Crippen LogP contribution is -2.15. The summed E-state index contributed by atoms with van der Waals surface area (Å²) < 4.78 is 0. The van der Waals surface area contributed by atoms with Crippen LogP contribution in [-0.2, 0) is 0 Å². The van der Waals surface area contributed by atoms with E-state index in [1.165, 1.54) is 0 Å². The maximum atomic E-state index is 9.36. The predicted molar refractivity (Wildman–Crippen MR) is 48.0 cm³/mol. The number of nitrogens with zero attached hydrogens (tertiary/aromatic N) is 1. The maximum Gasteiger partial charge on any atom is 0.170 e. The van der Waals surface area contributed by atoms with Gasteiger partial charge in [-0.2, -0.15) is 5.26 Å². The molecule has 0 radical (unpaired) electrons. The van der Waals surface area contributed by atoms with Crippen LogP contribution in [0.5, 0.6) is 0 Å². The van der Waals surface area contributed by atoms with Crippen molar-refractivity contribution in [2.24, 2.45) is 0 Å². The molecule has 3 nitrogen and oxygen atoms in total. The molecular weight excluding hydrogens is 190 g/mol. The van der Waals surface area contributed by atoms with Crippen LogP contribution in [0.1, 0.15) is 11.7 Å². The number of halogens is 1. The highest BCUT2D eigenvalue weighted by Gasteiger charge is 2.16. The molecule has 0 saturated heterocycles. The lowest BCUT2D eigenvalue weighted by Gasteiger charge is -2.11. The summed E-state index contributed by atoms with van der Waals surface area (Å²) in [6, 6.07) is 7.85. The minimum Gasteiger partial charge on any atom is -0.385 e. The third-order valence-electron chi connectivity index (χ3n) is 1.64. The molecule has 0 aliphatic rings. The van der Waals surface area contributed by atoms with Crippen molar-refractivity contribution in [3.05, 3.63) is 34.9 Å². The number of hydrogen-bond acceptors (Lipinski definition) is 3. The van der Waals surface area contributed by atoms with Gasteiger partial charge < -0.3 is 10.2 Å². The summed E-state index contributed by atoms with van der Waals surface area (Å²) in [5, 5.41) is 27.2. The van der Waals surface area contributed by atoms with Crippen molar-refractivity contribution < 1.29 is 10.2 Å². The van der Waals surface area contributed by atoms with E-state index in [0.717, 1.165) is 0 Å². The quantitative estimate of drug-likeness (QED) is 0.702. The average Bonchev–Trinajstić information content (AvgIpc) is 2.17. The van der Waals surface area contributed by atoms with E-state index in [9.17, 15) is 5.11 Å². The van der Waals surface area contributed by atoms with Gasteiger partial charge in [0.05, 0.1) is 6.07 Å². The molecule has 1 rings (SSSR count). The molecule has 0 aliphatic heterocycles. The monoisotopic (exact) mass is 197 g/mol. The Labute approximate surface area is 80.8 Å². The van der Waals surface area contributed by atoms with Crippen LogP contribution in [0.3, 0.4) is 0 Å². The van der Waals surface area contributed by atoms with Crippen molar-refractivity contribution in [1.29, 1.82) is 5.26 Å². The number of rotatable bonds is 2. The van der Waals surface area contributed by atoms with Gasteiger partial charge in [0.2, 0.25) is 0 Å². The van der Waals surface area contributed by atoms with Crippen LogP contribution < -0.4 is 0 Å². The van der Waals surface area contributed by atoms with E-state index in [0.29, 0.717) is 10.6 Å². The lowest BCUT2D eigenvalue weighted by atomic mass is 10.1. The van der Waals surface area contributed by atoms with E-state index in [1.807, 2.05) is 0 Å². The van der Waals surface area contributed by atoms with E-state index < -0.39 is 12.2 Å². The fourth-order valence-corrected chi connectivity index (χ4v) is 1.04. The molecule has 0 bridgehead atoms. The Bertz CT molecular complexity index is 317. The average molecular weight is 198 g/mol. The first-order valence-corrected chi connectivity index (χ1v) is 4.04. The summed E-state index contributed by atoms with van der Waals surface area (Å²) in [6.45, 7) is 0. The molecule has 0 saturated carbocycles. The number of benzene rings is 1. The lowest BCUT2D eigenvalue weighted by molar-refractivity contribution is 0.0528. The number of nitriles is 1. The van der Waals surface area contributed by atoms with Gasteiger partial charge in [-0.25, -0.2) is 0 Å². The summed E-state index contributed by atoms with van der Waals surface area (Å²) in [7, 11) is 0. The summed E-state index contributed by atoms with van der Waals surface area (Å²) in [5.74, 6) is 0. The third kappa shape index (κ3) is 2.43. The first kappa shape index (κ1) is 10.0. The summed E-state index contributed by atoms with van der Waals surface area (Å²) in [5.41, 5.74) is 0.471. The molecule has 0 fully saturated rings. The van der Waals surface area contributed by atoms with Gasteiger partial charge in [-0.15, -0.1) is 0 Å². The van der Waals surface area contributed by atoms with E-state index in [2.05, 4.69) is 0 Å². The first-order chi connectivity index (χ1) is 6.15. The van der Waals surface area contributed by atoms with Crippen LogP contribution in [0.25, 0.3) is 0 Å². The second kappa shape index (κ2) is 4.24. The number of hydrogen-bond donors (Lipinski definition) is 2. The molecule has 0 heterocycles. The van der Waals surface area contributed by atoms with Gasteiger partial charge in [0.25, 0.3) is 0 Å². The molecular formula is C9H8ClNO2. The second-order valence-electron chi connectivity index (χ2n) is 2.57. The largest absolute Gasteiger partial charge is 0.385 e. The van der Waals surface area contributed by atoms with E-state index >= 15 is 0 Å². The molecule has 13 heavy (non-hydrogen) atoms. The zero-order chi connectivity index (χ0) is 9.84. The standard InChI is InChI=1S/C9H8ClNO2/c10-7-3-1-6(2-4-7)9(13)8(12)5-11/h1-4,8-9,12-13H/t8-,9-/m0/s1. The highest BCUT2D eigenvalue weighted by Crippen LogP contribution is 2.18. The Morgan fingerprint density at radius 2 is 1.77 bits per heavy atom. The van der Waals surface area contributed by atoms with Crippen molar-refractivity contribution in [3.63, 3.8) is 0 Å². The van der Waals surface area contributed by atoms with Crippen molar-refractivity contribution in [3.8, 4) is 6.07 Å². The molecule has 1 aromatic rings. The molecule has 0 unspecified atom stereocenters. The Balaban J connectivity index is 2.84. The molecule has 0 aromatic heterocycles. The van der Waals surface area contributed by atoms with Crippen LogP contribution in [0.15, 0.2) is 24.3 Å². The molecule has 0 aliphatic carbocycles. The van der Waals surface area contributed by atoms with Gasteiger partial charge in [-0.1, -0.05) is 23.7 Å². The second-order valence-corrected chi connectivity index (χ2v) is 3.01. The fraction of sp³-hybridized carbons (Fsp3) is 0.222. The van der Waals surface area contributed by atoms with E-state index in [4.69, 9.17) is 22.0 Å². The van der Waals surface area contributed by atoms with Gasteiger partial charge in [0.15, 0.2) is 6.10 Å². The number of aliphatic hydroxyl groups excluding tert-OH is 2. The molecule has 2 N–H and O–H groups in total. The molecule has 4 heteroatoms. The topological polar surface area (TPSA) is 64.2 Å². The van der Waals surface area contributed by atoms with Gasteiger partial charge in [0.1, 0.15) is 6.10 Å². The molecule has 1 aromatic carbocycles. The van der Waals surface area contributed by atoms with Gasteiger partial charge in [-0.3, -0.25) is 0 Å². The normalized spacial score (nSPS) is 14.6. The van der Waals surface area contributed by atoms with Crippen LogP contribution in [0.4, 0.5) is 0 Å². The van der Waals surface area contributed by atoms with Crippen molar-refractivity contribution in [2.45, 2.75) is 12.2 Å². The first-order valence-electron chi connectivity index (χ1n) is 3.66. The highest BCUT2D eigenvalue weighted by atomic mass is 35.5. The summed E-state index contributed by atoms with van der Waals surface area (Å²) in [6.07, 6.45) is -2.58. The minimum atomic E-state index is -1.40. The molecule has 0 spiro atoms. The zero-order valence-electron chi connectivity index (χ0n) is 6.68. The Hall–Kier alpha value is -1.08. The third-order valence-corrected chi connectivity index (χ3v) is 1.89. The SMILES string of the molecule is N#C[C@H](O)[C@@H](O)c1ccc(Cl)cc1. The Morgan fingerprint density at radius 1 is 1.23 bits per heavy atom. The van der Waals surface area contributed by atoms with E-state index in [-0.39, 0.29) is 0 Å². The smallest absolute Gasteiger partial charge is 0.170 e. The van der Waals surface area contributed by atoms with Crippen molar-refractivity contribution in [2.75, 3.05) is 0 Å². The molecule has 2 atom stereocenters. The van der Waals surface area contributed by atoms with Crippen molar-refractivity contribution in [1.82, 2.24) is 0 Å². The Morgan fingerprint density at radius 3 is 2.23 bits per heavy atom. The van der Waals surface area contributed by atoms with Crippen LogP contribution in [0.2, 0.25) is 5.02 Å². The van der Waals surface area contributed by atoms with Gasteiger partial charge in [0, 0.05) is 5.02 Å². The maximum absolute atomic E-state index is 9.36. The fourth-order valence-electron chi connectivity index (χ4n) is 0.913. The zero-order valence-corrected chi connectivity index (χ0v) is 7.44. The summed E-state index contributed by atoms with van der Waals surface area (Å²) >= 11 is 5.62. The molecule has 0 amide bonds. The molecule has 68 valence electrons. The van der Waals surface area contributed by atoms with E-state index in [1.54, 1.807) is 30.3 Å². The van der Waals surface area contributed by atoms with Gasteiger partial charge in [-0.05, 0) is 17.7 Å². The van der Waals surface area contributed by atoms with Crippen LogP contribution in [-0.4, -0.2) is 16.3 Å². The van der Waals surface area contributed by atoms with Crippen LogP contribution in [0, 0.1) is 11.3 Å². The Kier molecular flexibility index (Phi) is 3.26. The van der Waals surface area contributed by atoms with Crippen molar-refractivity contribution >= 4 is 11.6 Å². The minimum absolute atomic E-state index is 0.471. The summed E-state index contributed by atoms with van der Waals surface area (Å²) in [4.78, 5) is 0. The number of aliphatic hydroxyl groups is 2. The predicted octanol–water partition coefficient (Wildman–Crippen LogP) is 1.26. The van der Waals surface area contributed by atoms with Gasteiger partial charge >= 0.3 is 0 Å². The highest BCUT2D eigenvalue weighted by molar-refractivity contribution is 6.30. The van der Waals surface area contributed by atoms with Crippen LogP contribution >= 0.6 is 11.6 Å².